The Bertz CT molecular complexity index is 230. The fourth-order valence-electron chi connectivity index (χ4n) is 0.879. The van der Waals surface area contributed by atoms with Crippen LogP contribution in [0, 0.1) is 4.91 Å². The normalized spacial score (nSPS) is 9.55. The zero-order valence-electron chi connectivity index (χ0n) is 6.37. The van der Waals surface area contributed by atoms with Gasteiger partial charge in [-0.05, 0) is 29.9 Å². The molecule has 0 amide bonds. The predicted molar refractivity (Wildman–Crippen MR) is 44.7 cm³/mol. The van der Waals surface area contributed by atoms with Crippen LogP contribution in [-0.2, 0) is 6.54 Å². The van der Waals surface area contributed by atoms with Crippen molar-refractivity contribution in [3.05, 3.63) is 34.7 Å². The van der Waals surface area contributed by atoms with E-state index >= 15 is 0 Å². The zero-order valence-corrected chi connectivity index (χ0v) is 6.37. The van der Waals surface area contributed by atoms with E-state index in [2.05, 4.69) is 10.5 Å². The first-order valence-electron chi connectivity index (χ1n) is 3.43. The van der Waals surface area contributed by atoms with Crippen molar-refractivity contribution in [1.82, 2.24) is 5.32 Å². The maximum Gasteiger partial charge on any atom is 0.108 e. The zero-order chi connectivity index (χ0) is 8.10. The van der Waals surface area contributed by atoms with Crippen molar-refractivity contribution in [3.63, 3.8) is 0 Å². The van der Waals surface area contributed by atoms with E-state index in [4.69, 9.17) is 0 Å². The van der Waals surface area contributed by atoms with Crippen LogP contribution in [0.15, 0.2) is 29.4 Å². The average molecular weight is 150 g/mol. The van der Waals surface area contributed by atoms with E-state index in [-0.39, 0.29) is 0 Å². The molecule has 1 N–H and O–H groups in total. The van der Waals surface area contributed by atoms with Gasteiger partial charge >= 0.3 is 0 Å². The minimum atomic E-state index is 0.477. The SMILES string of the molecule is CNCc1ccc(N=O)cc1. The number of hydrogen-bond donors (Lipinski definition) is 1. The van der Waals surface area contributed by atoms with Crippen molar-refractivity contribution < 1.29 is 0 Å². The van der Waals surface area contributed by atoms with Crippen LogP contribution in [-0.4, -0.2) is 7.05 Å². The van der Waals surface area contributed by atoms with Crippen LogP contribution in [0.3, 0.4) is 0 Å². The number of nitroso groups, excluding NO2 is 1. The smallest absolute Gasteiger partial charge is 0.108 e. The first-order valence-corrected chi connectivity index (χ1v) is 3.43. The van der Waals surface area contributed by atoms with Crippen LogP contribution in [0.5, 0.6) is 0 Å². The van der Waals surface area contributed by atoms with E-state index in [9.17, 15) is 4.91 Å². The molecule has 3 heteroatoms. The molecule has 0 fully saturated rings. The Kier molecular flexibility index (Phi) is 2.74. The topological polar surface area (TPSA) is 41.5 Å². The Balaban J connectivity index is 2.74. The summed E-state index contributed by atoms with van der Waals surface area (Å²) >= 11 is 0. The minimum Gasteiger partial charge on any atom is -0.316 e. The van der Waals surface area contributed by atoms with Crippen LogP contribution in [0.25, 0.3) is 0 Å². The molecule has 11 heavy (non-hydrogen) atoms. The molecule has 58 valence electrons. The summed E-state index contributed by atoms with van der Waals surface area (Å²) in [7, 11) is 1.88. The highest BCUT2D eigenvalue weighted by atomic mass is 16.3. The lowest BCUT2D eigenvalue weighted by atomic mass is 10.2. The molecule has 0 radical (unpaired) electrons. The second kappa shape index (κ2) is 3.83. The van der Waals surface area contributed by atoms with Gasteiger partial charge in [0.2, 0.25) is 0 Å². The number of hydrogen-bond acceptors (Lipinski definition) is 3. The molecule has 3 nitrogen and oxygen atoms in total. The molecule has 1 aromatic carbocycles. The second-order valence-electron chi connectivity index (χ2n) is 2.29. The maximum absolute atomic E-state index is 10.0. The molecule has 0 saturated heterocycles. The highest BCUT2D eigenvalue weighted by Gasteiger charge is 1.91. The molecule has 1 aromatic rings. The van der Waals surface area contributed by atoms with Crippen LogP contribution >= 0.6 is 0 Å². The predicted octanol–water partition coefficient (Wildman–Crippen LogP) is 1.80. The molecule has 0 unspecified atom stereocenters. The summed E-state index contributed by atoms with van der Waals surface area (Å²) < 4.78 is 0. The number of benzene rings is 1. The highest BCUT2D eigenvalue weighted by molar-refractivity contribution is 5.38. The van der Waals surface area contributed by atoms with Gasteiger partial charge in [0.1, 0.15) is 5.69 Å². The summed E-state index contributed by atoms with van der Waals surface area (Å²) in [6.45, 7) is 0.819. The third kappa shape index (κ3) is 2.13. The van der Waals surface area contributed by atoms with Crippen molar-refractivity contribution in [2.45, 2.75) is 6.54 Å². The summed E-state index contributed by atoms with van der Waals surface area (Å²) in [6.07, 6.45) is 0. The lowest BCUT2D eigenvalue weighted by molar-refractivity contribution is 0.818. The van der Waals surface area contributed by atoms with Crippen molar-refractivity contribution in [1.29, 1.82) is 0 Å². The summed E-state index contributed by atoms with van der Waals surface area (Å²) in [5, 5.41) is 5.81. The van der Waals surface area contributed by atoms with E-state index in [1.165, 1.54) is 0 Å². The molecular formula is C8H10N2O. The van der Waals surface area contributed by atoms with Crippen LogP contribution in [0.1, 0.15) is 5.56 Å². The minimum absolute atomic E-state index is 0.477. The van der Waals surface area contributed by atoms with Gasteiger partial charge in [-0.25, -0.2) is 0 Å². The molecule has 0 aliphatic carbocycles. The van der Waals surface area contributed by atoms with Crippen LogP contribution in [0.2, 0.25) is 0 Å². The van der Waals surface area contributed by atoms with E-state index in [0.29, 0.717) is 5.69 Å². The molecule has 0 aliphatic rings. The van der Waals surface area contributed by atoms with Crippen LogP contribution in [0.4, 0.5) is 5.69 Å². The summed E-state index contributed by atoms with van der Waals surface area (Å²) in [4.78, 5) is 10.0. The summed E-state index contributed by atoms with van der Waals surface area (Å²) in [5.74, 6) is 0. The molecule has 0 saturated carbocycles. The highest BCUT2D eigenvalue weighted by Crippen LogP contribution is 2.11. The van der Waals surface area contributed by atoms with Gasteiger partial charge in [-0.2, -0.15) is 0 Å². The Hall–Kier alpha value is -1.22. The van der Waals surface area contributed by atoms with Gasteiger partial charge in [0.25, 0.3) is 0 Å². The fourth-order valence-corrected chi connectivity index (χ4v) is 0.879. The van der Waals surface area contributed by atoms with Gasteiger partial charge in [-0.1, -0.05) is 12.1 Å². The van der Waals surface area contributed by atoms with Crippen molar-refractivity contribution in [2.24, 2.45) is 5.18 Å². The number of nitrogens with one attached hydrogen (secondary N) is 1. The lowest BCUT2D eigenvalue weighted by Crippen LogP contribution is -2.04. The van der Waals surface area contributed by atoms with Crippen molar-refractivity contribution in [2.75, 3.05) is 7.05 Å². The van der Waals surface area contributed by atoms with Gasteiger partial charge in [0.05, 0.1) is 0 Å². The lowest BCUT2D eigenvalue weighted by Gasteiger charge is -1.97. The second-order valence-corrected chi connectivity index (χ2v) is 2.29. The Morgan fingerprint density at radius 3 is 2.45 bits per heavy atom. The standard InChI is InChI=1S/C8H10N2O/c1-9-6-7-2-4-8(10-11)5-3-7/h2-5,9H,6H2,1H3. The van der Waals surface area contributed by atoms with Gasteiger partial charge in [0.15, 0.2) is 0 Å². The molecule has 0 aliphatic heterocycles. The van der Waals surface area contributed by atoms with E-state index in [1.54, 1.807) is 12.1 Å². The molecule has 0 heterocycles. The average Bonchev–Trinajstić information content (AvgIpc) is 2.07. The van der Waals surface area contributed by atoms with Crippen LogP contribution < -0.4 is 5.32 Å². The van der Waals surface area contributed by atoms with Gasteiger partial charge in [0, 0.05) is 6.54 Å². The van der Waals surface area contributed by atoms with Gasteiger partial charge < -0.3 is 5.32 Å². The van der Waals surface area contributed by atoms with E-state index in [0.717, 1.165) is 12.1 Å². The monoisotopic (exact) mass is 150 g/mol. The molecule has 0 spiro atoms. The van der Waals surface area contributed by atoms with E-state index in [1.807, 2.05) is 19.2 Å². The first kappa shape index (κ1) is 7.88. The molecule has 0 bridgehead atoms. The third-order valence-electron chi connectivity index (χ3n) is 1.42. The number of nitrogens with zero attached hydrogens (tertiary/aromatic N) is 1. The maximum atomic E-state index is 10.0. The van der Waals surface area contributed by atoms with Gasteiger partial charge in [-0.15, -0.1) is 4.91 Å². The Morgan fingerprint density at radius 1 is 1.36 bits per heavy atom. The molecule has 0 aromatic heterocycles. The summed E-state index contributed by atoms with van der Waals surface area (Å²) in [6, 6.07) is 7.18. The van der Waals surface area contributed by atoms with Crippen molar-refractivity contribution >= 4 is 5.69 Å². The largest absolute Gasteiger partial charge is 0.316 e. The fraction of sp³-hybridized carbons (Fsp3) is 0.250. The molecular weight excluding hydrogens is 140 g/mol. The third-order valence-corrected chi connectivity index (χ3v) is 1.42. The molecule has 0 atom stereocenters. The Morgan fingerprint density at radius 2 is 2.00 bits per heavy atom. The Labute approximate surface area is 65.4 Å². The summed E-state index contributed by atoms with van der Waals surface area (Å²) in [5.41, 5.74) is 1.63. The molecule has 1 rings (SSSR count). The number of rotatable bonds is 3. The van der Waals surface area contributed by atoms with Crippen molar-refractivity contribution in [3.8, 4) is 0 Å². The van der Waals surface area contributed by atoms with E-state index < -0.39 is 0 Å². The quantitative estimate of drug-likeness (QED) is 0.667. The first-order chi connectivity index (χ1) is 5.36. The van der Waals surface area contributed by atoms with Gasteiger partial charge in [-0.3, -0.25) is 0 Å².